The Hall–Kier alpha value is -1.30. The van der Waals surface area contributed by atoms with E-state index < -0.39 is 5.41 Å². The second kappa shape index (κ2) is 6.23. The summed E-state index contributed by atoms with van der Waals surface area (Å²) in [5.74, 6) is 5.36. The number of aliphatic imine (C=N–C) groups is 1. The van der Waals surface area contributed by atoms with Crippen molar-refractivity contribution in [3.63, 3.8) is 0 Å². The van der Waals surface area contributed by atoms with Gasteiger partial charge >= 0.3 is 0 Å². The Balaban J connectivity index is 4.27. The molecule has 15 heavy (non-hydrogen) atoms. The maximum Gasteiger partial charge on any atom is 0.224 e. The summed E-state index contributed by atoms with van der Waals surface area (Å²) in [7, 11) is 0. The van der Waals surface area contributed by atoms with Gasteiger partial charge in [0, 0.05) is 6.54 Å². The first-order valence-electron chi connectivity index (χ1n) is 4.99. The molecule has 6 heteroatoms. The fourth-order valence-electron chi connectivity index (χ4n) is 0.751. The largest absolute Gasteiger partial charge is 0.369 e. The van der Waals surface area contributed by atoms with E-state index in [0.717, 1.165) is 13.0 Å². The third kappa shape index (κ3) is 5.21. The number of nitrogens with two attached hydrogens (primary N) is 2. The van der Waals surface area contributed by atoms with Gasteiger partial charge < -0.3 is 11.1 Å². The predicted molar refractivity (Wildman–Crippen MR) is 60.9 cm³/mol. The molecule has 0 aromatic carbocycles. The third-order valence-corrected chi connectivity index (χ3v) is 1.98. The van der Waals surface area contributed by atoms with E-state index in [0.29, 0.717) is 12.5 Å². The van der Waals surface area contributed by atoms with E-state index in [9.17, 15) is 4.79 Å². The van der Waals surface area contributed by atoms with Crippen LogP contribution in [-0.2, 0) is 4.79 Å². The Labute approximate surface area is 90.5 Å². The minimum absolute atomic E-state index is 0.304. The molecule has 0 aliphatic carbocycles. The van der Waals surface area contributed by atoms with Gasteiger partial charge in [-0.15, -0.1) is 0 Å². The molecule has 0 spiro atoms. The van der Waals surface area contributed by atoms with E-state index in [4.69, 9.17) is 11.6 Å². The zero-order chi connectivity index (χ0) is 11.9. The fraction of sp³-hybridized carbons (Fsp3) is 0.778. The number of nitrogens with one attached hydrogen (secondary N) is 2. The molecule has 0 fully saturated rings. The maximum absolute atomic E-state index is 11.0. The molecule has 0 aliphatic heterocycles. The average molecular weight is 215 g/mol. The van der Waals surface area contributed by atoms with Crippen LogP contribution in [-0.4, -0.2) is 25.0 Å². The van der Waals surface area contributed by atoms with Crippen molar-refractivity contribution in [3.8, 4) is 0 Å². The van der Waals surface area contributed by atoms with Crippen LogP contribution in [0.2, 0.25) is 0 Å². The van der Waals surface area contributed by atoms with E-state index in [1.165, 1.54) is 0 Å². The lowest BCUT2D eigenvalue weighted by molar-refractivity contribution is -0.125. The molecule has 0 aliphatic rings. The van der Waals surface area contributed by atoms with Crippen LogP contribution in [0.15, 0.2) is 4.99 Å². The first-order valence-corrected chi connectivity index (χ1v) is 4.99. The molecule has 0 rings (SSSR count). The highest BCUT2D eigenvalue weighted by Crippen LogP contribution is 2.13. The highest BCUT2D eigenvalue weighted by atomic mass is 16.1. The summed E-state index contributed by atoms with van der Waals surface area (Å²) >= 11 is 0. The fourth-order valence-corrected chi connectivity index (χ4v) is 0.751. The molecule has 88 valence electrons. The molecule has 6 N–H and O–H groups in total. The normalized spacial score (nSPS) is 12.4. The van der Waals surface area contributed by atoms with Gasteiger partial charge in [-0.1, -0.05) is 6.92 Å². The number of hydrazine groups is 1. The number of primary amides is 1. The van der Waals surface area contributed by atoms with E-state index in [1.807, 2.05) is 6.92 Å². The first-order chi connectivity index (χ1) is 6.94. The Kier molecular flexibility index (Phi) is 5.69. The number of nitrogens with zero attached hydrogens (tertiary/aromatic N) is 1. The molecular weight excluding hydrogens is 194 g/mol. The van der Waals surface area contributed by atoms with Gasteiger partial charge in [-0.05, 0) is 20.3 Å². The van der Waals surface area contributed by atoms with Crippen molar-refractivity contribution in [2.45, 2.75) is 27.2 Å². The molecule has 1 amide bonds. The zero-order valence-corrected chi connectivity index (χ0v) is 9.63. The number of hydrogen-bond donors (Lipinski definition) is 4. The molecule has 0 aromatic heterocycles. The van der Waals surface area contributed by atoms with E-state index >= 15 is 0 Å². The predicted octanol–water partition coefficient (Wildman–Crippen LogP) is -0.683. The minimum atomic E-state index is -0.657. The molecule has 0 bridgehead atoms. The minimum Gasteiger partial charge on any atom is -0.369 e. The number of hydrogen-bond acceptors (Lipinski definition) is 3. The van der Waals surface area contributed by atoms with E-state index in [-0.39, 0.29) is 5.91 Å². The molecule has 0 atom stereocenters. The van der Waals surface area contributed by atoms with Crippen molar-refractivity contribution in [1.29, 1.82) is 0 Å². The summed E-state index contributed by atoms with van der Waals surface area (Å²) in [6, 6.07) is 0. The number of amides is 1. The number of carbonyl (C=O) groups is 1. The summed E-state index contributed by atoms with van der Waals surface area (Å²) in [5.41, 5.74) is 7.00. The summed E-state index contributed by atoms with van der Waals surface area (Å²) < 4.78 is 0. The Morgan fingerprint density at radius 3 is 2.47 bits per heavy atom. The smallest absolute Gasteiger partial charge is 0.224 e. The molecular formula is C9H21N5O. The van der Waals surface area contributed by atoms with Gasteiger partial charge in [-0.3, -0.25) is 15.2 Å². The SMILES string of the molecule is CCCNC(=NCC(C)(C)C(N)=O)NN. The van der Waals surface area contributed by atoms with Crippen molar-refractivity contribution >= 4 is 11.9 Å². The monoisotopic (exact) mass is 215 g/mol. The molecule has 0 aromatic rings. The number of rotatable bonds is 5. The lowest BCUT2D eigenvalue weighted by Gasteiger charge is -2.18. The van der Waals surface area contributed by atoms with Crippen LogP contribution in [0.25, 0.3) is 0 Å². The van der Waals surface area contributed by atoms with Gasteiger partial charge in [-0.2, -0.15) is 0 Å². The lowest BCUT2D eigenvalue weighted by atomic mass is 9.93. The van der Waals surface area contributed by atoms with Crippen molar-refractivity contribution in [2.75, 3.05) is 13.1 Å². The second-order valence-electron chi connectivity index (χ2n) is 3.98. The van der Waals surface area contributed by atoms with Crippen LogP contribution < -0.4 is 22.3 Å². The topological polar surface area (TPSA) is 106 Å². The van der Waals surface area contributed by atoms with Crippen molar-refractivity contribution in [3.05, 3.63) is 0 Å². The Morgan fingerprint density at radius 1 is 1.47 bits per heavy atom. The number of carbonyl (C=O) groups excluding carboxylic acids is 1. The van der Waals surface area contributed by atoms with Gasteiger partial charge in [0.2, 0.25) is 11.9 Å². The maximum atomic E-state index is 11.0. The van der Waals surface area contributed by atoms with Gasteiger partial charge in [0.1, 0.15) is 0 Å². The van der Waals surface area contributed by atoms with Crippen molar-refractivity contribution in [1.82, 2.24) is 10.7 Å². The summed E-state index contributed by atoms with van der Waals surface area (Å²) in [6.45, 7) is 6.60. The van der Waals surface area contributed by atoms with Crippen molar-refractivity contribution < 1.29 is 4.79 Å². The average Bonchev–Trinajstić information content (AvgIpc) is 2.18. The zero-order valence-electron chi connectivity index (χ0n) is 9.63. The van der Waals surface area contributed by atoms with Gasteiger partial charge in [0.15, 0.2) is 0 Å². The Bertz CT molecular complexity index is 237. The van der Waals surface area contributed by atoms with E-state index in [1.54, 1.807) is 13.8 Å². The summed E-state index contributed by atoms with van der Waals surface area (Å²) in [6.07, 6.45) is 0.972. The van der Waals surface area contributed by atoms with Crippen molar-refractivity contribution in [2.24, 2.45) is 22.0 Å². The molecule has 0 radical (unpaired) electrons. The highest BCUT2D eigenvalue weighted by molar-refractivity contribution is 5.82. The van der Waals surface area contributed by atoms with Crippen LogP contribution in [0, 0.1) is 5.41 Å². The Morgan fingerprint density at radius 2 is 2.07 bits per heavy atom. The van der Waals surface area contributed by atoms with Crippen LogP contribution in [0.4, 0.5) is 0 Å². The quantitative estimate of drug-likeness (QED) is 0.211. The first kappa shape index (κ1) is 13.7. The molecule has 0 unspecified atom stereocenters. The summed E-state index contributed by atoms with van der Waals surface area (Å²) in [4.78, 5) is 15.2. The molecule has 0 saturated heterocycles. The molecule has 0 heterocycles. The van der Waals surface area contributed by atoms with Crippen LogP contribution in [0.3, 0.4) is 0 Å². The van der Waals surface area contributed by atoms with Gasteiger partial charge in [0.05, 0.1) is 12.0 Å². The lowest BCUT2D eigenvalue weighted by Crippen LogP contribution is -2.43. The van der Waals surface area contributed by atoms with E-state index in [2.05, 4.69) is 15.7 Å². The number of guanidine groups is 1. The molecule has 0 saturated carbocycles. The summed E-state index contributed by atoms with van der Waals surface area (Å²) in [5, 5.41) is 2.99. The third-order valence-electron chi connectivity index (χ3n) is 1.98. The molecule has 6 nitrogen and oxygen atoms in total. The van der Waals surface area contributed by atoms with Gasteiger partial charge in [-0.25, -0.2) is 5.84 Å². The second-order valence-corrected chi connectivity index (χ2v) is 3.98. The standard InChI is InChI=1S/C9H21N5O/c1-4-5-12-8(14-11)13-6-9(2,3)7(10)15/h4-6,11H2,1-3H3,(H2,10,15)(H2,12,13,14). The van der Waals surface area contributed by atoms with Gasteiger partial charge in [0.25, 0.3) is 0 Å². The van der Waals surface area contributed by atoms with Crippen LogP contribution in [0.1, 0.15) is 27.2 Å². The van der Waals surface area contributed by atoms with Crippen LogP contribution in [0.5, 0.6) is 0 Å². The highest BCUT2D eigenvalue weighted by Gasteiger charge is 2.24. The van der Waals surface area contributed by atoms with Crippen LogP contribution >= 0.6 is 0 Å².